The summed E-state index contributed by atoms with van der Waals surface area (Å²) in [5.41, 5.74) is 1.40. The van der Waals surface area contributed by atoms with Gasteiger partial charge in [-0.3, -0.25) is 14.7 Å². The fraction of sp³-hybridized carbons (Fsp3) is 0.167. The van der Waals surface area contributed by atoms with Gasteiger partial charge < -0.3 is 4.74 Å². The van der Waals surface area contributed by atoms with Crippen LogP contribution in [0.25, 0.3) is 5.69 Å². The monoisotopic (exact) mass is 550 g/mol. The first-order valence-electron chi connectivity index (χ1n) is 10.5. The van der Waals surface area contributed by atoms with Crippen molar-refractivity contribution in [3.8, 4) is 11.4 Å². The van der Waals surface area contributed by atoms with E-state index in [1.807, 2.05) is 0 Å². The predicted molar refractivity (Wildman–Crippen MR) is 134 cm³/mol. The summed E-state index contributed by atoms with van der Waals surface area (Å²) in [6.45, 7) is 1.17. The third-order valence-corrected chi connectivity index (χ3v) is 6.91. The van der Waals surface area contributed by atoms with Crippen LogP contribution in [0.5, 0.6) is 5.75 Å². The summed E-state index contributed by atoms with van der Waals surface area (Å²) in [6, 6.07) is 14.9. The molecule has 7 nitrogen and oxygen atoms in total. The molecule has 0 aliphatic heterocycles. The van der Waals surface area contributed by atoms with E-state index in [4.69, 9.17) is 27.9 Å². The van der Waals surface area contributed by atoms with Crippen molar-refractivity contribution < 1.29 is 18.4 Å². The molecular formula is C24H18Cl2F2N4O3S. The summed E-state index contributed by atoms with van der Waals surface area (Å²) in [6.07, 6.45) is 0. The van der Waals surface area contributed by atoms with Crippen LogP contribution in [-0.2, 0) is 6.61 Å². The first-order valence-corrected chi connectivity index (χ1v) is 12.2. The topological polar surface area (TPSA) is 83.1 Å². The van der Waals surface area contributed by atoms with Crippen molar-refractivity contribution in [1.29, 1.82) is 0 Å². The van der Waals surface area contributed by atoms with Crippen LogP contribution in [0.15, 0.2) is 65.8 Å². The van der Waals surface area contributed by atoms with E-state index >= 15 is 0 Å². The van der Waals surface area contributed by atoms with Gasteiger partial charge in [0.05, 0.1) is 10.0 Å². The zero-order valence-corrected chi connectivity index (χ0v) is 21.0. The van der Waals surface area contributed by atoms with Gasteiger partial charge in [-0.15, -0.1) is 10.2 Å². The van der Waals surface area contributed by atoms with Crippen LogP contribution in [-0.4, -0.2) is 26.2 Å². The third kappa shape index (κ3) is 5.95. The van der Waals surface area contributed by atoms with Gasteiger partial charge in [0, 0.05) is 16.2 Å². The number of benzene rings is 3. The third-order valence-electron chi connectivity index (χ3n) is 5.16. The Kier molecular flexibility index (Phi) is 8.07. The van der Waals surface area contributed by atoms with E-state index in [2.05, 4.69) is 10.2 Å². The summed E-state index contributed by atoms with van der Waals surface area (Å²) >= 11 is 13.9. The molecule has 0 amide bonds. The Morgan fingerprint density at radius 2 is 1.75 bits per heavy atom. The van der Waals surface area contributed by atoms with Crippen molar-refractivity contribution in [1.82, 2.24) is 14.8 Å². The van der Waals surface area contributed by atoms with E-state index in [1.165, 1.54) is 30.3 Å². The number of ether oxygens (including phenoxy) is 1. The highest BCUT2D eigenvalue weighted by Crippen LogP contribution is 2.42. The standard InChI is InChI=1S/C24H18Cl2F2N4O3S/c1-14-29-30-24(32(14)18-8-6-17(27)7-9-18)36-22(12-31(33)34)16-10-19(25)23(20(26)11-16)35-13-15-4-2-3-5-21(15)28/h2-11,22H,12-13H2,1H3/t22-/m0/s1. The van der Waals surface area contributed by atoms with Crippen molar-refractivity contribution in [3.63, 3.8) is 0 Å². The Morgan fingerprint density at radius 3 is 2.39 bits per heavy atom. The summed E-state index contributed by atoms with van der Waals surface area (Å²) < 4.78 is 34.7. The lowest BCUT2D eigenvalue weighted by molar-refractivity contribution is -0.479. The Bertz CT molecular complexity index is 1380. The second kappa shape index (κ2) is 11.2. The molecule has 0 fully saturated rings. The van der Waals surface area contributed by atoms with Gasteiger partial charge in [-0.1, -0.05) is 53.2 Å². The highest BCUT2D eigenvalue weighted by atomic mass is 35.5. The molecule has 1 heterocycles. The van der Waals surface area contributed by atoms with E-state index in [0.29, 0.717) is 27.8 Å². The van der Waals surface area contributed by atoms with E-state index in [-0.39, 0.29) is 22.4 Å². The number of rotatable bonds is 9. The Hall–Kier alpha value is -3.21. The molecule has 4 rings (SSSR count). The summed E-state index contributed by atoms with van der Waals surface area (Å²) in [4.78, 5) is 11.0. The quantitative estimate of drug-likeness (QED) is 0.129. The lowest BCUT2D eigenvalue weighted by Crippen LogP contribution is -2.11. The largest absolute Gasteiger partial charge is 0.486 e. The molecule has 0 saturated carbocycles. The molecule has 0 bridgehead atoms. The average molecular weight is 551 g/mol. The van der Waals surface area contributed by atoms with Crippen molar-refractivity contribution in [2.75, 3.05) is 6.54 Å². The second-order valence-corrected chi connectivity index (χ2v) is 9.64. The maximum absolute atomic E-state index is 13.9. The van der Waals surface area contributed by atoms with E-state index < -0.39 is 28.4 Å². The lowest BCUT2D eigenvalue weighted by atomic mass is 10.1. The lowest BCUT2D eigenvalue weighted by Gasteiger charge is -2.17. The van der Waals surface area contributed by atoms with Crippen LogP contribution in [0.1, 0.15) is 22.2 Å². The molecule has 1 atom stereocenters. The minimum absolute atomic E-state index is 0.0986. The maximum atomic E-state index is 13.9. The normalized spacial score (nSPS) is 11.9. The van der Waals surface area contributed by atoms with Crippen LogP contribution >= 0.6 is 35.0 Å². The molecule has 0 N–H and O–H groups in total. The molecular weight excluding hydrogens is 533 g/mol. The molecule has 1 aromatic heterocycles. The molecule has 186 valence electrons. The predicted octanol–water partition coefficient (Wildman–Crippen LogP) is 6.85. The van der Waals surface area contributed by atoms with Gasteiger partial charge in [0.15, 0.2) is 10.9 Å². The van der Waals surface area contributed by atoms with Crippen LogP contribution in [0.4, 0.5) is 8.78 Å². The van der Waals surface area contributed by atoms with Crippen molar-refractivity contribution in [2.24, 2.45) is 0 Å². The number of halogens is 4. The number of nitro groups is 1. The van der Waals surface area contributed by atoms with Crippen molar-refractivity contribution in [2.45, 2.75) is 23.9 Å². The van der Waals surface area contributed by atoms with E-state index in [1.54, 1.807) is 41.8 Å². The molecule has 0 spiro atoms. The van der Waals surface area contributed by atoms with Gasteiger partial charge in [0.2, 0.25) is 6.54 Å². The summed E-state index contributed by atoms with van der Waals surface area (Å²) in [5, 5.41) is 19.6. The molecule has 0 radical (unpaired) electrons. The van der Waals surface area contributed by atoms with Crippen LogP contribution < -0.4 is 4.74 Å². The van der Waals surface area contributed by atoms with Crippen molar-refractivity contribution >= 4 is 35.0 Å². The number of hydrogen-bond donors (Lipinski definition) is 0. The molecule has 4 aromatic rings. The van der Waals surface area contributed by atoms with Gasteiger partial charge in [0.25, 0.3) is 0 Å². The van der Waals surface area contributed by atoms with Gasteiger partial charge in [-0.2, -0.15) is 0 Å². The number of aromatic nitrogens is 3. The minimum Gasteiger partial charge on any atom is -0.486 e. The molecule has 0 unspecified atom stereocenters. The Balaban J connectivity index is 1.62. The van der Waals surface area contributed by atoms with Gasteiger partial charge >= 0.3 is 0 Å². The van der Waals surface area contributed by atoms with Crippen LogP contribution in [0, 0.1) is 28.7 Å². The zero-order valence-electron chi connectivity index (χ0n) is 18.7. The molecule has 36 heavy (non-hydrogen) atoms. The highest BCUT2D eigenvalue weighted by molar-refractivity contribution is 7.99. The summed E-state index contributed by atoms with van der Waals surface area (Å²) in [5.74, 6) is -0.159. The van der Waals surface area contributed by atoms with Crippen LogP contribution in [0.3, 0.4) is 0 Å². The van der Waals surface area contributed by atoms with Gasteiger partial charge in [-0.25, -0.2) is 8.78 Å². The Labute approximate surface area is 219 Å². The molecule has 0 aliphatic carbocycles. The van der Waals surface area contributed by atoms with Crippen molar-refractivity contribution in [3.05, 3.63) is 109 Å². The number of thioether (sulfide) groups is 1. The SMILES string of the molecule is Cc1nnc(S[C@@H](C[N+](=O)[O-])c2cc(Cl)c(OCc3ccccc3F)c(Cl)c2)n1-c1ccc(F)cc1. The second-order valence-electron chi connectivity index (χ2n) is 7.66. The number of aryl methyl sites for hydroxylation is 1. The molecule has 0 saturated heterocycles. The van der Waals surface area contributed by atoms with Gasteiger partial charge in [-0.05, 0) is 55.0 Å². The first-order chi connectivity index (χ1) is 17.2. The van der Waals surface area contributed by atoms with E-state index in [9.17, 15) is 18.9 Å². The fourth-order valence-corrected chi connectivity index (χ4v) is 5.22. The van der Waals surface area contributed by atoms with Gasteiger partial charge in [0.1, 0.15) is 29.3 Å². The molecule has 3 aromatic carbocycles. The zero-order chi connectivity index (χ0) is 25.8. The van der Waals surface area contributed by atoms with E-state index in [0.717, 1.165) is 11.8 Å². The number of nitrogens with zero attached hydrogens (tertiary/aromatic N) is 4. The average Bonchev–Trinajstić information content (AvgIpc) is 3.19. The minimum atomic E-state index is -0.738. The maximum Gasteiger partial charge on any atom is 0.220 e. The fourth-order valence-electron chi connectivity index (χ4n) is 3.45. The Morgan fingerprint density at radius 1 is 1.08 bits per heavy atom. The highest BCUT2D eigenvalue weighted by Gasteiger charge is 2.26. The molecule has 0 aliphatic rings. The smallest absolute Gasteiger partial charge is 0.220 e. The first kappa shape index (κ1) is 25.9. The molecule has 12 heteroatoms. The summed E-state index contributed by atoms with van der Waals surface area (Å²) in [7, 11) is 0. The van der Waals surface area contributed by atoms with Crippen LogP contribution in [0.2, 0.25) is 10.0 Å². The number of hydrogen-bond acceptors (Lipinski definition) is 6.